The van der Waals surface area contributed by atoms with Gasteiger partial charge in [-0.05, 0) is 43.4 Å². The third-order valence-electron chi connectivity index (χ3n) is 3.99. The third-order valence-corrected chi connectivity index (χ3v) is 3.99. The van der Waals surface area contributed by atoms with Crippen LogP contribution in [0.4, 0.5) is 0 Å². The monoisotopic (exact) mass is 298 g/mol. The molecule has 0 spiro atoms. The molecule has 0 saturated carbocycles. The van der Waals surface area contributed by atoms with E-state index in [1.54, 1.807) is 7.11 Å². The molecule has 3 nitrogen and oxygen atoms in total. The van der Waals surface area contributed by atoms with Crippen molar-refractivity contribution < 1.29 is 4.74 Å². The molecule has 2 N–H and O–H groups in total. The van der Waals surface area contributed by atoms with Crippen molar-refractivity contribution in [3.8, 4) is 0 Å². The van der Waals surface area contributed by atoms with Crippen LogP contribution in [-0.4, -0.2) is 31.1 Å². The summed E-state index contributed by atoms with van der Waals surface area (Å²) in [6, 6.07) is 9.00. The molecule has 0 aliphatic carbocycles. The summed E-state index contributed by atoms with van der Waals surface area (Å²) >= 11 is 0. The number of nitrogens with zero attached hydrogens (tertiary/aromatic N) is 1. The first-order chi connectivity index (χ1) is 9.19. The molecular weight excluding hydrogens is 272 g/mol. The van der Waals surface area contributed by atoms with Crippen LogP contribution >= 0.6 is 12.4 Å². The van der Waals surface area contributed by atoms with Gasteiger partial charge in [0, 0.05) is 26.2 Å². The van der Waals surface area contributed by atoms with Crippen molar-refractivity contribution in [2.75, 3.05) is 20.2 Å². The van der Waals surface area contributed by atoms with Gasteiger partial charge in [0.1, 0.15) is 0 Å². The summed E-state index contributed by atoms with van der Waals surface area (Å²) in [5, 5.41) is 0. The minimum absolute atomic E-state index is 0. The number of hydrogen-bond acceptors (Lipinski definition) is 3. The van der Waals surface area contributed by atoms with E-state index in [0.717, 1.165) is 13.1 Å². The Bertz CT molecular complexity index is 398. The van der Waals surface area contributed by atoms with Crippen molar-refractivity contribution in [1.82, 2.24) is 4.90 Å². The Morgan fingerprint density at radius 2 is 2.15 bits per heavy atom. The Morgan fingerprint density at radius 3 is 2.85 bits per heavy atom. The van der Waals surface area contributed by atoms with Crippen LogP contribution in [0.2, 0.25) is 0 Å². The zero-order chi connectivity index (χ0) is 13.7. The Labute approximate surface area is 128 Å². The third kappa shape index (κ3) is 5.06. The molecule has 1 saturated heterocycles. The normalized spacial score (nSPS) is 21.2. The highest BCUT2D eigenvalue weighted by molar-refractivity contribution is 5.85. The van der Waals surface area contributed by atoms with Crippen LogP contribution in [0.5, 0.6) is 0 Å². The van der Waals surface area contributed by atoms with E-state index in [0.29, 0.717) is 18.6 Å². The molecule has 4 heteroatoms. The lowest BCUT2D eigenvalue weighted by molar-refractivity contribution is 0.154. The van der Waals surface area contributed by atoms with Gasteiger partial charge in [0.05, 0.1) is 6.61 Å². The van der Waals surface area contributed by atoms with E-state index >= 15 is 0 Å². The van der Waals surface area contributed by atoms with Gasteiger partial charge in [0.15, 0.2) is 0 Å². The van der Waals surface area contributed by atoms with E-state index in [1.165, 1.54) is 30.5 Å². The van der Waals surface area contributed by atoms with Crippen LogP contribution in [0, 0.1) is 5.92 Å². The molecule has 114 valence electrons. The number of rotatable bonds is 5. The Morgan fingerprint density at radius 1 is 1.40 bits per heavy atom. The van der Waals surface area contributed by atoms with E-state index in [9.17, 15) is 0 Å². The first kappa shape index (κ1) is 17.4. The Hall–Kier alpha value is -0.610. The maximum atomic E-state index is 6.04. The van der Waals surface area contributed by atoms with Gasteiger partial charge < -0.3 is 10.5 Å². The second kappa shape index (κ2) is 8.63. The fourth-order valence-electron chi connectivity index (χ4n) is 2.91. The maximum Gasteiger partial charge on any atom is 0.0713 e. The topological polar surface area (TPSA) is 38.5 Å². The van der Waals surface area contributed by atoms with Crippen molar-refractivity contribution in [3.05, 3.63) is 35.4 Å². The van der Waals surface area contributed by atoms with Crippen LogP contribution in [0.1, 0.15) is 30.9 Å². The predicted octanol–water partition coefficient (Wildman–Crippen LogP) is 2.81. The molecule has 2 rings (SSSR count). The first-order valence-electron chi connectivity index (χ1n) is 7.23. The number of likely N-dealkylation sites (tertiary alicyclic amines) is 1. The summed E-state index contributed by atoms with van der Waals surface area (Å²) < 4.78 is 5.19. The predicted molar refractivity (Wildman–Crippen MR) is 86.1 cm³/mol. The molecule has 1 aliphatic heterocycles. The number of ether oxygens (including phenoxy) is 1. The summed E-state index contributed by atoms with van der Waals surface area (Å²) in [7, 11) is 1.74. The van der Waals surface area contributed by atoms with E-state index in [4.69, 9.17) is 10.5 Å². The van der Waals surface area contributed by atoms with Gasteiger partial charge in [-0.25, -0.2) is 0 Å². The number of methoxy groups -OCH3 is 1. The zero-order valence-corrected chi connectivity index (χ0v) is 13.4. The molecule has 2 atom stereocenters. The summed E-state index contributed by atoms with van der Waals surface area (Å²) in [4.78, 5) is 2.53. The molecule has 1 heterocycles. The van der Waals surface area contributed by atoms with Crippen molar-refractivity contribution in [2.24, 2.45) is 11.7 Å². The largest absolute Gasteiger partial charge is 0.380 e. The van der Waals surface area contributed by atoms with E-state index < -0.39 is 0 Å². The number of nitrogens with two attached hydrogens (primary N) is 1. The van der Waals surface area contributed by atoms with Crippen LogP contribution in [-0.2, 0) is 17.9 Å². The molecule has 1 fully saturated rings. The van der Waals surface area contributed by atoms with E-state index in [2.05, 4.69) is 36.1 Å². The average molecular weight is 299 g/mol. The van der Waals surface area contributed by atoms with Gasteiger partial charge in [-0.2, -0.15) is 0 Å². The van der Waals surface area contributed by atoms with Gasteiger partial charge in [-0.3, -0.25) is 4.90 Å². The lowest BCUT2D eigenvalue weighted by Crippen LogP contribution is -2.41. The van der Waals surface area contributed by atoms with Crippen molar-refractivity contribution >= 4 is 12.4 Å². The van der Waals surface area contributed by atoms with Crippen LogP contribution < -0.4 is 5.73 Å². The SMILES string of the molecule is COCc1cccc(CN2CCCC(C(C)N)C2)c1.Cl. The van der Waals surface area contributed by atoms with Gasteiger partial charge in [0.25, 0.3) is 0 Å². The quantitative estimate of drug-likeness (QED) is 0.908. The number of hydrogen-bond donors (Lipinski definition) is 1. The van der Waals surface area contributed by atoms with E-state index in [1.807, 2.05) is 0 Å². The molecule has 0 radical (unpaired) electrons. The highest BCUT2D eigenvalue weighted by atomic mass is 35.5. The summed E-state index contributed by atoms with van der Waals surface area (Å²) in [6.07, 6.45) is 2.54. The minimum Gasteiger partial charge on any atom is -0.380 e. The molecule has 0 bridgehead atoms. The summed E-state index contributed by atoms with van der Waals surface area (Å²) in [5.41, 5.74) is 8.67. The highest BCUT2D eigenvalue weighted by Gasteiger charge is 2.22. The molecule has 0 amide bonds. The maximum absolute atomic E-state index is 6.04. The van der Waals surface area contributed by atoms with Crippen LogP contribution in [0.15, 0.2) is 24.3 Å². The average Bonchev–Trinajstić information content (AvgIpc) is 2.40. The van der Waals surface area contributed by atoms with Crippen molar-refractivity contribution in [2.45, 2.75) is 39.0 Å². The second-order valence-corrected chi connectivity index (χ2v) is 5.75. The van der Waals surface area contributed by atoms with Crippen molar-refractivity contribution in [1.29, 1.82) is 0 Å². The highest BCUT2D eigenvalue weighted by Crippen LogP contribution is 2.20. The van der Waals surface area contributed by atoms with E-state index in [-0.39, 0.29) is 12.4 Å². The fraction of sp³-hybridized carbons (Fsp3) is 0.625. The molecule has 1 aromatic rings. The summed E-state index contributed by atoms with van der Waals surface area (Å²) in [6.45, 7) is 6.17. The molecule has 1 aromatic carbocycles. The van der Waals surface area contributed by atoms with Crippen molar-refractivity contribution in [3.63, 3.8) is 0 Å². The molecule has 20 heavy (non-hydrogen) atoms. The zero-order valence-electron chi connectivity index (χ0n) is 12.5. The molecule has 2 unspecified atom stereocenters. The lowest BCUT2D eigenvalue weighted by atomic mass is 9.92. The Balaban J connectivity index is 0.00000200. The molecular formula is C16H27ClN2O. The number of halogens is 1. The van der Waals surface area contributed by atoms with Gasteiger partial charge >= 0.3 is 0 Å². The molecule has 1 aliphatic rings. The van der Waals surface area contributed by atoms with Gasteiger partial charge in [-0.15, -0.1) is 12.4 Å². The van der Waals surface area contributed by atoms with Crippen LogP contribution in [0.25, 0.3) is 0 Å². The standard InChI is InChI=1S/C16H26N2O.ClH/c1-13(17)16-7-4-8-18(11-16)10-14-5-3-6-15(9-14)12-19-2;/h3,5-6,9,13,16H,4,7-8,10-12,17H2,1-2H3;1H. The number of benzene rings is 1. The molecule has 0 aromatic heterocycles. The number of piperidine rings is 1. The summed E-state index contributed by atoms with van der Waals surface area (Å²) in [5.74, 6) is 0.649. The first-order valence-corrected chi connectivity index (χ1v) is 7.23. The fourth-order valence-corrected chi connectivity index (χ4v) is 2.91. The lowest BCUT2D eigenvalue weighted by Gasteiger charge is -2.34. The Kier molecular flexibility index (Phi) is 7.52. The van der Waals surface area contributed by atoms with Gasteiger partial charge in [0.2, 0.25) is 0 Å². The van der Waals surface area contributed by atoms with Crippen LogP contribution in [0.3, 0.4) is 0 Å². The smallest absolute Gasteiger partial charge is 0.0713 e. The second-order valence-electron chi connectivity index (χ2n) is 5.75. The van der Waals surface area contributed by atoms with Gasteiger partial charge in [-0.1, -0.05) is 24.3 Å². The minimum atomic E-state index is 0.